The lowest BCUT2D eigenvalue weighted by Crippen LogP contribution is -2.38. The standard InChI is InChI=1S/C25H28N4O2/c1-19(30)26-23-10-7-20(8-11-23)18-28-13-4-14-29(16-15-28)25(31)27-24-12-9-21-5-2-3-6-22(21)17-24/h2-3,5-12,17H,4,13-16,18H2,1H3,(H,26,30)(H,27,31). The first-order valence-corrected chi connectivity index (χ1v) is 10.7. The summed E-state index contributed by atoms with van der Waals surface area (Å²) in [6.07, 6.45) is 0.940. The predicted molar refractivity (Wildman–Crippen MR) is 125 cm³/mol. The molecule has 31 heavy (non-hydrogen) atoms. The van der Waals surface area contributed by atoms with Crippen molar-refractivity contribution in [3.05, 3.63) is 72.3 Å². The molecule has 0 atom stereocenters. The molecular weight excluding hydrogens is 388 g/mol. The lowest BCUT2D eigenvalue weighted by molar-refractivity contribution is -0.114. The summed E-state index contributed by atoms with van der Waals surface area (Å²) < 4.78 is 0. The van der Waals surface area contributed by atoms with Gasteiger partial charge in [0, 0.05) is 51.0 Å². The molecule has 0 aliphatic carbocycles. The fourth-order valence-electron chi connectivity index (χ4n) is 3.96. The van der Waals surface area contributed by atoms with E-state index < -0.39 is 0 Å². The summed E-state index contributed by atoms with van der Waals surface area (Å²) in [4.78, 5) is 28.2. The molecule has 1 fully saturated rings. The van der Waals surface area contributed by atoms with Crippen LogP contribution in [-0.4, -0.2) is 47.9 Å². The minimum atomic E-state index is -0.0673. The average Bonchev–Trinajstić information content (AvgIpc) is 3.00. The van der Waals surface area contributed by atoms with E-state index in [4.69, 9.17) is 0 Å². The van der Waals surface area contributed by atoms with E-state index in [1.54, 1.807) is 0 Å². The Morgan fingerprint density at radius 1 is 0.806 bits per heavy atom. The van der Waals surface area contributed by atoms with Gasteiger partial charge < -0.3 is 15.5 Å². The number of hydrogen-bond acceptors (Lipinski definition) is 3. The first kappa shape index (κ1) is 20.9. The molecule has 1 saturated heterocycles. The van der Waals surface area contributed by atoms with E-state index in [1.807, 2.05) is 59.5 Å². The van der Waals surface area contributed by atoms with Crippen molar-refractivity contribution in [2.24, 2.45) is 0 Å². The van der Waals surface area contributed by atoms with Gasteiger partial charge in [0.25, 0.3) is 0 Å². The van der Waals surface area contributed by atoms with Crippen molar-refractivity contribution >= 4 is 34.1 Å². The Hall–Kier alpha value is -3.38. The highest BCUT2D eigenvalue weighted by Gasteiger charge is 2.19. The summed E-state index contributed by atoms with van der Waals surface area (Å²) in [5, 5.41) is 8.12. The van der Waals surface area contributed by atoms with Crippen molar-refractivity contribution in [1.82, 2.24) is 9.80 Å². The molecular formula is C25H28N4O2. The van der Waals surface area contributed by atoms with Gasteiger partial charge >= 0.3 is 6.03 Å². The zero-order valence-corrected chi connectivity index (χ0v) is 17.8. The van der Waals surface area contributed by atoms with Crippen LogP contribution in [0.2, 0.25) is 0 Å². The molecule has 0 saturated carbocycles. The highest BCUT2D eigenvalue weighted by molar-refractivity contribution is 5.93. The van der Waals surface area contributed by atoms with Gasteiger partial charge in [0.2, 0.25) is 5.91 Å². The summed E-state index contributed by atoms with van der Waals surface area (Å²) in [6.45, 7) is 5.57. The minimum absolute atomic E-state index is 0.0446. The smallest absolute Gasteiger partial charge is 0.321 e. The van der Waals surface area contributed by atoms with Gasteiger partial charge in [-0.3, -0.25) is 9.69 Å². The molecule has 0 unspecified atom stereocenters. The number of carbonyl (C=O) groups is 2. The lowest BCUT2D eigenvalue weighted by Gasteiger charge is -2.22. The SMILES string of the molecule is CC(=O)Nc1ccc(CN2CCCN(C(=O)Nc3ccc4ccccc4c3)CC2)cc1. The monoisotopic (exact) mass is 416 g/mol. The van der Waals surface area contributed by atoms with E-state index in [-0.39, 0.29) is 11.9 Å². The van der Waals surface area contributed by atoms with Crippen molar-refractivity contribution in [3.63, 3.8) is 0 Å². The van der Waals surface area contributed by atoms with E-state index in [2.05, 4.69) is 27.7 Å². The fraction of sp³-hybridized carbons (Fsp3) is 0.280. The maximum Gasteiger partial charge on any atom is 0.321 e. The molecule has 1 aliphatic heterocycles. The normalized spacial score (nSPS) is 14.8. The highest BCUT2D eigenvalue weighted by atomic mass is 16.2. The maximum absolute atomic E-state index is 12.8. The quantitative estimate of drug-likeness (QED) is 0.656. The van der Waals surface area contributed by atoms with E-state index in [0.29, 0.717) is 6.54 Å². The van der Waals surface area contributed by atoms with Crippen LogP contribution in [0.3, 0.4) is 0 Å². The predicted octanol–water partition coefficient (Wildman–Crippen LogP) is 4.54. The summed E-state index contributed by atoms with van der Waals surface area (Å²) >= 11 is 0. The van der Waals surface area contributed by atoms with Crippen molar-refractivity contribution < 1.29 is 9.59 Å². The van der Waals surface area contributed by atoms with Gasteiger partial charge in [-0.05, 0) is 47.0 Å². The van der Waals surface area contributed by atoms with Gasteiger partial charge in [0.1, 0.15) is 0 Å². The van der Waals surface area contributed by atoms with Crippen LogP contribution in [0.15, 0.2) is 66.7 Å². The first-order chi connectivity index (χ1) is 15.1. The molecule has 3 aromatic rings. The largest absolute Gasteiger partial charge is 0.326 e. The van der Waals surface area contributed by atoms with E-state index >= 15 is 0 Å². The molecule has 0 bridgehead atoms. The number of carbonyl (C=O) groups excluding carboxylic acids is 2. The fourth-order valence-corrected chi connectivity index (χ4v) is 3.96. The molecule has 3 amide bonds. The van der Waals surface area contributed by atoms with Crippen LogP contribution in [0, 0.1) is 0 Å². The van der Waals surface area contributed by atoms with Gasteiger partial charge in [0.15, 0.2) is 0 Å². The Bertz CT molecular complexity index is 1060. The molecule has 1 aliphatic rings. The Balaban J connectivity index is 1.31. The number of benzene rings is 3. The lowest BCUT2D eigenvalue weighted by atomic mass is 10.1. The van der Waals surface area contributed by atoms with Gasteiger partial charge in [-0.15, -0.1) is 0 Å². The number of fused-ring (bicyclic) bond motifs is 1. The topological polar surface area (TPSA) is 64.7 Å². The van der Waals surface area contributed by atoms with Crippen molar-refractivity contribution in [2.75, 3.05) is 36.8 Å². The van der Waals surface area contributed by atoms with Gasteiger partial charge in [-0.1, -0.05) is 42.5 Å². The van der Waals surface area contributed by atoms with Crippen LogP contribution >= 0.6 is 0 Å². The Morgan fingerprint density at radius 3 is 2.32 bits per heavy atom. The molecule has 0 radical (unpaired) electrons. The second-order valence-corrected chi connectivity index (χ2v) is 7.99. The van der Waals surface area contributed by atoms with Gasteiger partial charge in [-0.2, -0.15) is 0 Å². The second kappa shape index (κ2) is 9.62. The van der Waals surface area contributed by atoms with Crippen molar-refractivity contribution in [3.8, 4) is 0 Å². The van der Waals surface area contributed by atoms with Crippen LogP contribution in [0.5, 0.6) is 0 Å². The molecule has 3 aromatic carbocycles. The summed E-state index contributed by atoms with van der Waals surface area (Å²) in [5.41, 5.74) is 2.83. The van der Waals surface area contributed by atoms with Crippen molar-refractivity contribution in [1.29, 1.82) is 0 Å². The van der Waals surface area contributed by atoms with Crippen LogP contribution in [-0.2, 0) is 11.3 Å². The highest BCUT2D eigenvalue weighted by Crippen LogP contribution is 2.19. The number of hydrogen-bond donors (Lipinski definition) is 2. The second-order valence-electron chi connectivity index (χ2n) is 7.99. The molecule has 6 nitrogen and oxygen atoms in total. The Kier molecular flexibility index (Phi) is 6.48. The number of urea groups is 1. The minimum Gasteiger partial charge on any atom is -0.326 e. The average molecular weight is 417 g/mol. The summed E-state index contributed by atoms with van der Waals surface area (Å²) in [6, 6.07) is 22.0. The third-order valence-electron chi connectivity index (χ3n) is 5.56. The van der Waals surface area contributed by atoms with E-state index in [1.165, 1.54) is 12.5 Å². The summed E-state index contributed by atoms with van der Waals surface area (Å²) in [7, 11) is 0. The number of anilines is 2. The molecule has 6 heteroatoms. The number of rotatable bonds is 4. The number of nitrogens with one attached hydrogen (secondary N) is 2. The molecule has 1 heterocycles. The van der Waals surface area contributed by atoms with Crippen LogP contribution in [0.25, 0.3) is 10.8 Å². The first-order valence-electron chi connectivity index (χ1n) is 10.7. The third-order valence-corrected chi connectivity index (χ3v) is 5.56. The number of amides is 3. The van der Waals surface area contributed by atoms with Crippen LogP contribution < -0.4 is 10.6 Å². The van der Waals surface area contributed by atoms with Gasteiger partial charge in [0.05, 0.1) is 0 Å². The number of nitrogens with zero attached hydrogens (tertiary/aromatic N) is 2. The molecule has 4 rings (SSSR count). The van der Waals surface area contributed by atoms with Crippen LogP contribution in [0.1, 0.15) is 18.9 Å². The maximum atomic E-state index is 12.8. The third kappa shape index (κ3) is 5.61. The van der Waals surface area contributed by atoms with Gasteiger partial charge in [-0.25, -0.2) is 4.79 Å². The van der Waals surface area contributed by atoms with E-state index in [9.17, 15) is 9.59 Å². The molecule has 0 spiro atoms. The molecule has 0 aromatic heterocycles. The Labute approximate surface area is 182 Å². The Morgan fingerprint density at radius 2 is 1.55 bits per heavy atom. The zero-order chi connectivity index (χ0) is 21.6. The summed E-state index contributed by atoms with van der Waals surface area (Å²) in [5.74, 6) is -0.0673. The van der Waals surface area contributed by atoms with Crippen molar-refractivity contribution in [2.45, 2.75) is 19.9 Å². The molecule has 2 N–H and O–H groups in total. The van der Waals surface area contributed by atoms with E-state index in [0.717, 1.165) is 54.7 Å². The molecule has 160 valence electrons. The zero-order valence-electron chi connectivity index (χ0n) is 17.8. The van der Waals surface area contributed by atoms with Crippen LogP contribution in [0.4, 0.5) is 16.2 Å².